The van der Waals surface area contributed by atoms with Crippen LogP contribution in [0.1, 0.15) is 6.92 Å². The van der Waals surface area contributed by atoms with Crippen molar-refractivity contribution in [1.82, 2.24) is 0 Å². The molecule has 1 nitrogen and oxygen atoms in total. The zero-order chi connectivity index (χ0) is 23.5. The van der Waals surface area contributed by atoms with Crippen LogP contribution in [0.3, 0.4) is 0 Å². The second-order valence-electron chi connectivity index (χ2n) is 5.96. The van der Waals surface area contributed by atoms with Crippen LogP contribution in [0.5, 0.6) is 0 Å². The Hall–Kier alpha value is -3.12. The summed E-state index contributed by atoms with van der Waals surface area (Å²) in [5.74, 6) is -30.5. The number of fused-ring (bicyclic) bond motifs is 1. The molecule has 0 aliphatic rings. The third kappa shape index (κ3) is 2.97. The Morgan fingerprint density at radius 2 is 0.645 bits per heavy atom. The number of anilines is 2. The number of nitrogens with zero attached hydrogens (tertiary/aromatic N) is 1. The minimum absolute atomic E-state index is 0.304. The van der Waals surface area contributed by atoms with Crippen molar-refractivity contribution in [2.75, 3.05) is 11.4 Å². The smallest absolute Gasteiger partial charge is 0.200 e. The molecule has 0 unspecified atom stereocenters. The predicted octanol–water partition coefficient (Wildman–Crippen LogP) is 6.67. The first kappa shape index (κ1) is 22.6. The summed E-state index contributed by atoms with van der Waals surface area (Å²) in [6.45, 7) is -0.147. The van der Waals surface area contributed by atoms with Gasteiger partial charge in [-0.1, -0.05) is 0 Å². The predicted molar refractivity (Wildman–Crippen MR) is 82.6 cm³/mol. The molecule has 0 heterocycles. The average Bonchev–Trinajstić information content (AvgIpc) is 2.74. The highest BCUT2D eigenvalue weighted by Crippen LogP contribution is 2.42. The molecule has 0 fully saturated rings. The van der Waals surface area contributed by atoms with Crippen molar-refractivity contribution in [2.45, 2.75) is 6.92 Å². The standard InChI is InChI=1S/C18H5F12N/c1-2-31(18-15(29)12(26)11(25)13(27)16(18)30)17-8(22)4-3(7(21)14(17)28)5(19)9(23)10(24)6(4)20/h2H2,1H3. The summed E-state index contributed by atoms with van der Waals surface area (Å²) in [6, 6.07) is 0. The number of halogens is 12. The number of hydrogen-bond donors (Lipinski definition) is 0. The third-order valence-electron chi connectivity index (χ3n) is 4.36. The van der Waals surface area contributed by atoms with Gasteiger partial charge in [-0.25, -0.2) is 52.7 Å². The van der Waals surface area contributed by atoms with Gasteiger partial charge in [0.25, 0.3) is 0 Å². The highest BCUT2D eigenvalue weighted by Gasteiger charge is 2.36. The maximum atomic E-state index is 14.9. The Morgan fingerprint density at radius 3 is 1.06 bits per heavy atom. The topological polar surface area (TPSA) is 3.24 Å². The molecular weight excluding hydrogens is 458 g/mol. The van der Waals surface area contributed by atoms with Gasteiger partial charge in [-0.15, -0.1) is 0 Å². The fourth-order valence-electron chi connectivity index (χ4n) is 2.97. The Bertz CT molecular complexity index is 1220. The van der Waals surface area contributed by atoms with Crippen molar-refractivity contribution >= 4 is 22.1 Å². The fraction of sp³-hybridized carbons (Fsp3) is 0.111. The quantitative estimate of drug-likeness (QED) is 0.238. The number of hydrogen-bond acceptors (Lipinski definition) is 1. The van der Waals surface area contributed by atoms with Crippen LogP contribution in [0.25, 0.3) is 10.8 Å². The van der Waals surface area contributed by atoms with Crippen molar-refractivity contribution in [3.63, 3.8) is 0 Å². The molecule has 0 aromatic heterocycles. The van der Waals surface area contributed by atoms with Gasteiger partial charge in [0.05, 0.1) is 10.8 Å². The maximum absolute atomic E-state index is 14.9. The molecule has 3 aromatic rings. The molecule has 0 aliphatic carbocycles. The summed E-state index contributed by atoms with van der Waals surface area (Å²) in [5.41, 5.74) is -3.90. The van der Waals surface area contributed by atoms with E-state index in [2.05, 4.69) is 0 Å². The average molecular weight is 463 g/mol. The lowest BCUT2D eigenvalue weighted by molar-refractivity contribution is 0.379. The van der Waals surface area contributed by atoms with Crippen LogP contribution in [0.4, 0.5) is 64.1 Å². The molecule has 3 rings (SSSR count). The molecule has 0 N–H and O–H groups in total. The minimum atomic E-state index is -2.62. The van der Waals surface area contributed by atoms with E-state index >= 15 is 0 Å². The van der Waals surface area contributed by atoms with Crippen molar-refractivity contribution in [1.29, 1.82) is 0 Å². The summed E-state index contributed by atoms with van der Waals surface area (Å²) in [4.78, 5) is -0.304. The lowest BCUT2D eigenvalue weighted by Gasteiger charge is -2.26. The highest BCUT2D eigenvalue weighted by atomic mass is 19.2. The van der Waals surface area contributed by atoms with Crippen LogP contribution in [0.2, 0.25) is 0 Å². The van der Waals surface area contributed by atoms with Crippen molar-refractivity contribution < 1.29 is 52.7 Å². The summed E-state index contributed by atoms with van der Waals surface area (Å²) in [5, 5.41) is -4.00. The van der Waals surface area contributed by atoms with Gasteiger partial charge in [0.1, 0.15) is 11.4 Å². The van der Waals surface area contributed by atoms with Crippen LogP contribution < -0.4 is 4.90 Å². The second-order valence-corrected chi connectivity index (χ2v) is 5.96. The highest BCUT2D eigenvalue weighted by molar-refractivity contribution is 5.90. The van der Waals surface area contributed by atoms with Gasteiger partial charge < -0.3 is 4.90 Å². The third-order valence-corrected chi connectivity index (χ3v) is 4.36. The molecule has 0 radical (unpaired) electrons. The van der Waals surface area contributed by atoms with Crippen molar-refractivity contribution in [3.8, 4) is 0 Å². The van der Waals surface area contributed by atoms with E-state index in [-0.39, 0.29) is 4.90 Å². The fourth-order valence-corrected chi connectivity index (χ4v) is 2.97. The maximum Gasteiger partial charge on any atom is 0.200 e. The Kier molecular flexibility index (Phi) is 5.48. The van der Waals surface area contributed by atoms with Crippen LogP contribution in [0.15, 0.2) is 0 Å². The first-order chi connectivity index (χ1) is 14.4. The first-order valence-electron chi connectivity index (χ1n) is 7.99. The van der Waals surface area contributed by atoms with Gasteiger partial charge >= 0.3 is 0 Å². The van der Waals surface area contributed by atoms with Gasteiger partial charge in [0, 0.05) is 6.54 Å². The summed E-state index contributed by atoms with van der Waals surface area (Å²) < 4.78 is 167. The molecule has 0 spiro atoms. The van der Waals surface area contributed by atoms with Crippen LogP contribution >= 0.6 is 0 Å². The van der Waals surface area contributed by atoms with Crippen LogP contribution in [-0.2, 0) is 0 Å². The zero-order valence-electron chi connectivity index (χ0n) is 14.7. The molecule has 0 saturated heterocycles. The summed E-state index contributed by atoms with van der Waals surface area (Å²) in [7, 11) is 0. The lowest BCUT2D eigenvalue weighted by atomic mass is 10.0. The molecular formula is C18H5F12N. The Balaban J connectivity index is 2.52. The van der Waals surface area contributed by atoms with E-state index < -0.39 is 98.5 Å². The summed E-state index contributed by atoms with van der Waals surface area (Å²) >= 11 is 0. The van der Waals surface area contributed by atoms with E-state index in [4.69, 9.17) is 0 Å². The number of benzene rings is 3. The molecule has 0 saturated carbocycles. The molecule has 0 aliphatic heterocycles. The van der Waals surface area contributed by atoms with E-state index in [1.165, 1.54) is 0 Å². The normalized spacial score (nSPS) is 11.5. The molecule has 0 atom stereocenters. The van der Waals surface area contributed by atoms with E-state index in [9.17, 15) is 52.7 Å². The summed E-state index contributed by atoms with van der Waals surface area (Å²) in [6.07, 6.45) is 0. The SMILES string of the molecule is CCN(c1c(F)c(F)c(F)c(F)c1F)c1c(F)c(F)c2c(F)c(F)c(F)c(F)c2c1F. The zero-order valence-corrected chi connectivity index (χ0v) is 14.7. The largest absolute Gasteiger partial charge is 0.332 e. The molecule has 3 aromatic carbocycles. The van der Waals surface area contributed by atoms with Gasteiger partial charge in [-0.2, -0.15) is 0 Å². The van der Waals surface area contributed by atoms with Crippen LogP contribution in [0, 0.1) is 69.8 Å². The molecule has 166 valence electrons. The van der Waals surface area contributed by atoms with Crippen LogP contribution in [-0.4, -0.2) is 6.54 Å². The lowest BCUT2D eigenvalue weighted by Crippen LogP contribution is -2.24. The second kappa shape index (κ2) is 7.54. The molecule has 0 amide bonds. The van der Waals surface area contributed by atoms with Gasteiger partial charge in [-0.05, 0) is 6.92 Å². The first-order valence-corrected chi connectivity index (χ1v) is 7.99. The molecule has 0 bridgehead atoms. The molecule has 31 heavy (non-hydrogen) atoms. The van der Waals surface area contributed by atoms with Crippen molar-refractivity contribution in [3.05, 3.63) is 69.8 Å². The van der Waals surface area contributed by atoms with E-state index in [0.717, 1.165) is 6.92 Å². The van der Waals surface area contributed by atoms with Gasteiger partial charge in [-0.3, -0.25) is 0 Å². The Morgan fingerprint density at radius 1 is 0.387 bits per heavy atom. The van der Waals surface area contributed by atoms with E-state index in [1.54, 1.807) is 0 Å². The van der Waals surface area contributed by atoms with Gasteiger partial charge in [0.15, 0.2) is 64.0 Å². The molecule has 13 heteroatoms. The van der Waals surface area contributed by atoms with E-state index in [0.29, 0.717) is 0 Å². The van der Waals surface area contributed by atoms with Crippen molar-refractivity contribution in [2.24, 2.45) is 0 Å². The monoisotopic (exact) mass is 463 g/mol. The van der Waals surface area contributed by atoms with Gasteiger partial charge in [0.2, 0.25) is 5.82 Å². The van der Waals surface area contributed by atoms with E-state index in [1.807, 2.05) is 0 Å². The minimum Gasteiger partial charge on any atom is -0.332 e. The number of rotatable bonds is 3. The Labute approximate surface area is 164 Å².